The van der Waals surface area contributed by atoms with Gasteiger partial charge >= 0.3 is 6.09 Å². The van der Waals surface area contributed by atoms with Crippen molar-refractivity contribution in [3.8, 4) is 0 Å². The van der Waals surface area contributed by atoms with Gasteiger partial charge in [0.25, 0.3) is 0 Å². The highest BCUT2D eigenvalue weighted by molar-refractivity contribution is 6.76. The second-order valence-corrected chi connectivity index (χ2v) is 10.2. The number of nitrogens with one attached hydrogen (secondary N) is 1. The zero-order valence-corrected chi connectivity index (χ0v) is 10.8. The highest BCUT2D eigenvalue weighted by atomic mass is 28.3. The largest absolute Gasteiger partial charge is 0.448 e. The topological polar surface area (TPSA) is 73.6 Å². The average Bonchev–Trinajstić information content (AvgIpc) is 2.10. The molecule has 0 aliphatic rings. The van der Waals surface area contributed by atoms with Gasteiger partial charge in [0.1, 0.15) is 0 Å². The van der Waals surface area contributed by atoms with Gasteiger partial charge in [0.15, 0.2) is 0 Å². The number of rotatable bonds is 7. The molecule has 0 atom stereocenters. The van der Waals surface area contributed by atoms with Crippen molar-refractivity contribution in [2.24, 2.45) is 5.73 Å². The summed E-state index contributed by atoms with van der Waals surface area (Å²) < 4.78 is 4.93. The van der Waals surface area contributed by atoms with Gasteiger partial charge in [-0.05, 0) is 19.0 Å². The lowest BCUT2D eigenvalue weighted by Gasteiger charge is -2.15. The van der Waals surface area contributed by atoms with Gasteiger partial charge in [0.05, 0.1) is 13.2 Å². The maximum Gasteiger partial charge on any atom is 0.431 e. The number of carbonyl (C=O) groups is 1. The Hall–Kier alpha value is -0.593. The van der Waals surface area contributed by atoms with Crippen LogP contribution in [0.15, 0.2) is 0 Å². The fraction of sp³-hybridized carbons (Fsp3) is 0.889. The number of ether oxygens (including phenoxy) is 1. The van der Waals surface area contributed by atoms with Crippen LogP contribution in [0.4, 0.5) is 4.79 Å². The van der Waals surface area contributed by atoms with E-state index in [0.29, 0.717) is 19.8 Å². The zero-order chi connectivity index (χ0) is 11.7. The van der Waals surface area contributed by atoms with Crippen LogP contribution in [0.2, 0.25) is 25.7 Å². The molecular weight excluding hydrogens is 212 g/mol. The molecule has 90 valence electrons. The smallest absolute Gasteiger partial charge is 0.431 e. The van der Waals surface area contributed by atoms with Gasteiger partial charge in [-0.2, -0.15) is 5.48 Å². The highest BCUT2D eigenvalue weighted by Gasteiger charge is 2.13. The summed E-state index contributed by atoms with van der Waals surface area (Å²) in [4.78, 5) is 15.8. The van der Waals surface area contributed by atoms with Crippen LogP contribution >= 0.6 is 0 Å². The molecule has 0 fully saturated rings. The van der Waals surface area contributed by atoms with Gasteiger partial charge in [-0.3, -0.25) is 4.84 Å². The normalized spacial score (nSPS) is 11.2. The first-order valence-electron chi connectivity index (χ1n) is 5.20. The van der Waals surface area contributed by atoms with E-state index in [-0.39, 0.29) is 0 Å². The summed E-state index contributed by atoms with van der Waals surface area (Å²) in [6, 6.07) is 0.962. The number of amides is 1. The van der Waals surface area contributed by atoms with Crippen LogP contribution in [0.3, 0.4) is 0 Å². The van der Waals surface area contributed by atoms with Crippen molar-refractivity contribution in [1.82, 2.24) is 5.48 Å². The SMILES string of the molecule is C[Si](C)(C)CCOC(=O)NOCCCN. The highest BCUT2D eigenvalue weighted by Crippen LogP contribution is 2.07. The summed E-state index contributed by atoms with van der Waals surface area (Å²) in [6.45, 7) is 8.11. The lowest BCUT2D eigenvalue weighted by atomic mass is 10.5. The molecule has 0 saturated heterocycles. The van der Waals surface area contributed by atoms with Crippen LogP contribution in [0.5, 0.6) is 0 Å². The van der Waals surface area contributed by atoms with Crippen molar-refractivity contribution >= 4 is 14.2 Å². The van der Waals surface area contributed by atoms with Gasteiger partial charge in [-0.1, -0.05) is 19.6 Å². The quantitative estimate of drug-likeness (QED) is 0.396. The molecule has 0 saturated carbocycles. The van der Waals surface area contributed by atoms with E-state index >= 15 is 0 Å². The molecule has 0 spiro atoms. The average molecular weight is 234 g/mol. The van der Waals surface area contributed by atoms with E-state index in [0.717, 1.165) is 12.5 Å². The molecule has 1 amide bonds. The lowest BCUT2D eigenvalue weighted by Crippen LogP contribution is -2.28. The van der Waals surface area contributed by atoms with E-state index in [1.807, 2.05) is 0 Å². The molecule has 5 nitrogen and oxygen atoms in total. The standard InChI is InChI=1S/C9H22N2O3Si/c1-15(2,3)8-7-13-9(12)11-14-6-4-5-10/h4-8,10H2,1-3H3,(H,11,12). The summed E-state index contributed by atoms with van der Waals surface area (Å²) in [5, 5.41) is 0. The molecule has 0 aromatic rings. The van der Waals surface area contributed by atoms with Crippen LogP contribution in [0.25, 0.3) is 0 Å². The number of hydrogen-bond donors (Lipinski definition) is 2. The lowest BCUT2D eigenvalue weighted by molar-refractivity contribution is 0.0291. The van der Waals surface area contributed by atoms with Gasteiger partial charge in [-0.15, -0.1) is 0 Å². The van der Waals surface area contributed by atoms with Crippen molar-refractivity contribution in [3.63, 3.8) is 0 Å². The van der Waals surface area contributed by atoms with E-state index in [2.05, 4.69) is 25.1 Å². The minimum Gasteiger partial charge on any atom is -0.448 e. The molecule has 0 rings (SSSR count). The van der Waals surface area contributed by atoms with Crippen LogP contribution in [-0.2, 0) is 9.57 Å². The molecule has 0 aliphatic carbocycles. The Labute approximate surface area is 92.3 Å². The Kier molecular flexibility index (Phi) is 7.36. The monoisotopic (exact) mass is 234 g/mol. The maximum absolute atomic E-state index is 11.0. The van der Waals surface area contributed by atoms with E-state index in [9.17, 15) is 4.79 Å². The Morgan fingerprint density at radius 2 is 2.00 bits per heavy atom. The summed E-state index contributed by atoms with van der Waals surface area (Å²) >= 11 is 0. The van der Waals surface area contributed by atoms with Crippen molar-refractivity contribution in [3.05, 3.63) is 0 Å². The molecule has 3 N–H and O–H groups in total. The summed E-state index contributed by atoms with van der Waals surface area (Å²) in [6.07, 6.45) is 0.195. The van der Waals surface area contributed by atoms with Gasteiger partial charge in [0, 0.05) is 8.07 Å². The predicted molar refractivity (Wildman–Crippen MR) is 62.3 cm³/mol. The van der Waals surface area contributed by atoms with Crippen LogP contribution < -0.4 is 11.2 Å². The van der Waals surface area contributed by atoms with E-state index in [4.69, 9.17) is 15.3 Å². The molecule has 0 aromatic heterocycles. The molecule has 15 heavy (non-hydrogen) atoms. The van der Waals surface area contributed by atoms with Crippen molar-refractivity contribution < 1.29 is 14.4 Å². The first-order chi connectivity index (χ1) is 6.95. The summed E-state index contributed by atoms with van der Waals surface area (Å²) in [5.74, 6) is 0. The van der Waals surface area contributed by atoms with E-state index in [1.165, 1.54) is 0 Å². The van der Waals surface area contributed by atoms with Crippen LogP contribution in [0, 0.1) is 0 Å². The minimum absolute atomic E-state index is 0.416. The fourth-order valence-electron chi connectivity index (χ4n) is 0.745. The second kappa shape index (κ2) is 7.67. The van der Waals surface area contributed by atoms with Crippen LogP contribution in [0.1, 0.15) is 6.42 Å². The summed E-state index contributed by atoms with van der Waals surface area (Å²) in [5.41, 5.74) is 7.46. The Morgan fingerprint density at radius 3 is 2.53 bits per heavy atom. The van der Waals surface area contributed by atoms with Crippen molar-refractivity contribution in [2.75, 3.05) is 19.8 Å². The molecule has 0 aliphatic heterocycles. The Morgan fingerprint density at radius 1 is 1.33 bits per heavy atom. The molecule has 6 heteroatoms. The molecule has 0 heterocycles. The van der Waals surface area contributed by atoms with E-state index in [1.54, 1.807) is 0 Å². The molecule has 0 aromatic carbocycles. The predicted octanol–water partition coefficient (Wildman–Crippen LogP) is 1.33. The number of hydroxylamine groups is 1. The Balaban J connectivity index is 3.34. The molecular formula is C9H22N2O3Si. The van der Waals surface area contributed by atoms with Crippen molar-refractivity contribution in [2.45, 2.75) is 32.1 Å². The van der Waals surface area contributed by atoms with Gasteiger partial charge in [-0.25, -0.2) is 4.79 Å². The Bertz CT molecular complexity index is 183. The third-order valence-electron chi connectivity index (χ3n) is 1.69. The second-order valence-electron chi connectivity index (χ2n) is 4.54. The number of nitrogens with two attached hydrogens (primary N) is 1. The van der Waals surface area contributed by atoms with Gasteiger partial charge in [0.2, 0.25) is 0 Å². The van der Waals surface area contributed by atoms with E-state index < -0.39 is 14.2 Å². The third kappa shape index (κ3) is 11.3. The fourth-order valence-corrected chi connectivity index (χ4v) is 1.46. The summed E-state index contributed by atoms with van der Waals surface area (Å²) in [7, 11) is -1.13. The first kappa shape index (κ1) is 14.4. The molecule has 0 bridgehead atoms. The molecule has 0 unspecified atom stereocenters. The number of carbonyl (C=O) groups excluding carboxylic acids is 1. The zero-order valence-electron chi connectivity index (χ0n) is 9.84. The van der Waals surface area contributed by atoms with Crippen LogP contribution in [-0.4, -0.2) is 33.9 Å². The molecule has 0 radical (unpaired) electrons. The minimum atomic E-state index is -1.13. The third-order valence-corrected chi connectivity index (χ3v) is 3.40. The first-order valence-corrected chi connectivity index (χ1v) is 8.91. The van der Waals surface area contributed by atoms with Crippen molar-refractivity contribution in [1.29, 1.82) is 0 Å². The maximum atomic E-state index is 11.0. The number of hydrogen-bond acceptors (Lipinski definition) is 4. The van der Waals surface area contributed by atoms with Gasteiger partial charge < -0.3 is 10.5 Å².